The minimum absolute atomic E-state index is 0.409. The van der Waals surface area contributed by atoms with Gasteiger partial charge in [0, 0.05) is 6.04 Å². The summed E-state index contributed by atoms with van der Waals surface area (Å²) in [5.41, 5.74) is 0. The van der Waals surface area contributed by atoms with Gasteiger partial charge < -0.3 is 9.73 Å². The van der Waals surface area contributed by atoms with E-state index < -0.39 is 0 Å². The Morgan fingerprint density at radius 1 is 1.31 bits per heavy atom. The fourth-order valence-corrected chi connectivity index (χ4v) is 2.38. The van der Waals surface area contributed by atoms with Gasteiger partial charge in [0.05, 0.1) is 6.54 Å². The first-order valence-electron chi connectivity index (χ1n) is 6.09. The molecule has 2 aliphatic carbocycles. The van der Waals surface area contributed by atoms with Crippen LogP contribution in [0.1, 0.15) is 37.2 Å². The van der Waals surface area contributed by atoms with Crippen molar-refractivity contribution in [1.29, 1.82) is 5.26 Å². The topological polar surface area (TPSA) is 49.0 Å². The zero-order chi connectivity index (χ0) is 11.0. The average molecular weight is 216 g/mol. The van der Waals surface area contributed by atoms with Gasteiger partial charge in [0.1, 0.15) is 11.8 Å². The Balaban J connectivity index is 1.56. The molecular weight excluding hydrogens is 200 g/mol. The quantitative estimate of drug-likeness (QED) is 0.822. The van der Waals surface area contributed by atoms with Gasteiger partial charge in [0.25, 0.3) is 0 Å². The molecule has 0 saturated heterocycles. The predicted octanol–water partition coefficient (Wildman–Crippen LogP) is 2.43. The van der Waals surface area contributed by atoms with Crippen molar-refractivity contribution in [2.24, 2.45) is 11.8 Å². The zero-order valence-electron chi connectivity index (χ0n) is 9.28. The van der Waals surface area contributed by atoms with E-state index in [0.29, 0.717) is 11.8 Å². The summed E-state index contributed by atoms with van der Waals surface area (Å²) in [5.74, 6) is 3.09. The Hall–Kier alpha value is -1.27. The first-order valence-corrected chi connectivity index (χ1v) is 6.09. The molecule has 84 valence electrons. The van der Waals surface area contributed by atoms with Gasteiger partial charge in [-0.3, -0.25) is 0 Å². The van der Waals surface area contributed by atoms with Gasteiger partial charge in [-0.05, 0) is 49.7 Å². The Morgan fingerprint density at radius 3 is 2.50 bits per heavy atom. The fourth-order valence-electron chi connectivity index (χ4n) is 2.38. The highest BCUT2D eigenvalue weighted by atomic mass is 16.3. The maximum absolute atomic E-state index is 8.66. The first-order chi connectivity index (χ1) is 7.86. The number of nitriles is 1. The summed E-state index contributed by atoms with van der Waals surface area (Å²) in [6, 6.07) is 6.33. The molecule has 2 aliphatic rings. The monoisotopic (exact) mass is 216 g/mol. The maximum atomic E-state index is 8.66. The summed E-state index contributed by atoms with van der Waals surface area (Å²) in [5, 5.41) is 12.3. The number of nitrogens with zero attached hydrogens (tertiary/aromatic N) is 1. The van der Waals surface area contributed by atoms with E-state index >= 15 is 0 Å². The van der Waals surface area contributed by atoms with Crippen LogP contribution in [0.2, 0.25) is 0 Å². The van der Waals surface area contributed by atoms with E-state index in [4.69, 9.17) is 9.68 Å². The third-order valence-corrected chi connectivity index (χ3v) is 3.54. The van der Waals surface area contributed by atoms with Gasteiger partial charge in [-0.25, -0.2) is 0 Å². The molecule has 3 heteroatoms. The molecule has 0 spiro atoms. The number of hydrogen-bond donors (Lipinski definition) is 1. The van der Waals surface area contributed by atoms with E-state index in [2.05, 4.69) is 5.32 Å². The van der Waals surface area contributed by atoms with Crippen LogP contribution in [-0.4, -0.2) is 6.04 Å². The van der Waals surface area contributed by atoms with Gasteiger partial charge in [0.15, 0.2) is 0 Å². The lowest BCUT2D eigenvalue weighted by molar-refractivity contribution is 0.385. The van der Waals surface area contributed by atoms with Crippen molar-refractivity contribution >= 4 is 0 Å². The Morgan fingerprint density at radius 2 is 2.00 bits per heavy atom. The molecule has 1 N–H and O–H groups in total. The average Bonchev–Trinajstić information content (AvgIpc) is 3.20. The van der Waals surface area contributed by atoms with Gasteiger partial charge in [-0.2, -0.15) is 5.26 Å². The summed E-state index contributed by atoms with van der Waals surface area (Å²) in [6.07, 6.45) is 5.54. The van der Waals surface area contributed by atoms with Crippen LogP contribution in [0, 0.1) is 23.2 Å². The van der Waals surface area contributed by atoms with Crippen molar-refractivity contribution in [2.75, 3.05) is 0 Å². The molecule has 2 saturated carbocycles. The number of hydrogen-bond acceptors (Lipinski definition) is 3. The van der Waals surface area contributed by atoms with Crippen LogP contribution >= 0.6 is 0 Å². The molecule has 16 heavy (non-hydrogen) atoms. The molecular formula is C13H16N2O. The van der Waals surface area contributed by atoms with E-state index in [1.165, 1.54) is 25.7 Å². The minimum atomic E-state index is 0.409. The first kappa shape index (κ1) is 9.92. The highest BCUT2D eigenvalue weighted by Crippen LogP contribution is 2.44. The van der Waals surface area contributed by atoms with Crippen LogP contribution in [0.25, 0.3) is 0 Å². The molecule has 0 amide bonds. The lowest BCUT2D eigenvalue weighted by atomic mass is 10.1. The lowest BCUT2D eigenvalue weighted by Gasteiger charge is -2.16. The second-order valence-corrected chi connectivity index (χ2v) is 4.96. The molecule has 0 unspecified atom stereocenters. The second kappa shape index (κ2) is 3.95. The Labute approximate surface area is 95.4 Å². The molecule has 1 aromatic rings. The molecule has 2 fully saturated rings. The molecule has 3 nitrogen and oxygen atoms in total. The van der Waals surface area contributed by atoms with Crippen LogP contribution in [-0.2, 0) is 6.54 Å². The molecule has 0 atom stereocenters. The van der Waals surface area contributed by atoms with Gasteiger partial charge in [-0.1, -0.05) is 0 Å². The SMILES string of the molecule is N#Cc1ccc(CNC(C2CC2)C2CC2)o1. The fraction of sp³-hybridized carbons (Fsp3) is 0.615. The third-order valence-electron chi connectivity index (χ3n) is 3.54. The summed E-state index contributed by atoms with van der Waals surface area (Å²) >= 11 is 0. The Kier molecular flexibility index (Phi) is 2.45. The molecule has 0 radical (unpaired) electrons. The molecule has 1 aromatic heterocycles. The van der Waals surface area contributed by atoms with Crippen LogP contribution in [0.15, 0.2) is 16.5 Å². The molecule has 3 rings (SSSR count). The van der Waals surface area contributed by atoms with Gasteiger partial charge in [0.2, 0.25) is 5.76 Å². The summed E-state index contributed by atoms with van der Waals surface area (Å²) < 4.78 is 5.36. The minimum Gasteiger partial charge on any atom is -0.449 e. The normalized spacial score (nSPS) is 20.0. The number of nitrogens with one attached hydrogen (secondary N) is 1. The smallest absolute Gasteiger partial charge is 0.203 e. The molecule has 0 aliphatic heterocycles. The van der Waals surface area contributed by atoms with Crippen LogP contribution in [0.5, 0.6) is 0 Å². The Bertz CT molecular complexity index is 398. The van der Waals surface area contributed by atoms with Crippen molar-refractivity contribution in [1.82, 2.24) is 5.32 Å². The van der Waals surface area contributed by atoms with Crippen molar-refractivity contribution < 1.29 is 4.42 Å². The largest absolute Gasteiger partial charge is 0.449 e. The van der Waals surface area contributed by atoms with E-state index in [1.54, 1.807) is 6.07 Å². The molecule has 1 heterocycles. The van der Waals surface area contributed by atoms with Crippen molar-refractivity contribution in [3.8, 4) is 6.07 Å². The van der Waals surface area contributed by atoms with E-state index in [-0.39, 0.29) is 0 Å². The number of rotatable bonds is 5. The van der Waals surface area contributed by atoms with Crippen molar-refractivity contribution in [2.45, 2.75) is 38.3 Å². The molecule has 0 aromatic carbocycles. The maximum Gasteiger partial charge on any atom is 0.203 e. The van der Waals surface area contributed by atoms with E-state index in [0.717, 1.165) is 24.1 Å². The van der Waals surface area contributed by atoms with Gasteiger partial charge in [-0.15, -0.1) is 0 Å². The van der Waals surface area contributed by atoms with Crippen molar-refractivity contribution in [3.05, 3.63) is 23.7 Å². The molecule has 0 bridgehead atoms. The highest BCUT2D eigenvalue weighted by Gasteiger charge is 2.41. The lowest BCUT2D eigenvalue weighted by Crippen LogP contribution is -2.32. The summed E-state index contributed by atoms with van der Waals surface area (Å²) in [4.78, 5) is 0. The second-order valence-electron chi connectivity index (χ2n) is 4.96. The highest BCUT2D eigenvalue weighted by molar-refractivity contribution is 5.19. The standard InChI is InChI=1S/C13H16N2O/c14-7-11-5-6-12(16-11)8-15-13(9-1-2-9)10-3-4-10/h5-6,9-10,13,15H,1-4,8H2. The number of furan rings is 1. The summed E-state index contributed by atoms with van der Waals surface area (Å²) in [7, 11) is 0. The van der Waals surface area contributed by atoms with Gasteiger partial charge >= 0.3 is 0 Å². The zero-order valence-corrected chi connectivity index (χ0v) is 9.28. The van der Waals surface area contributed by atoms with Crippen LogP contribution in [0.3, 0.4) is 0 Å². The van der Waals surface area contributed by atoms with Crippen LogP contribution < -0.4 is 5.32 Å². The van der Waals surface area contributed by atoms with Crippen LogP contribution in [0.4, 0.5) is 0 Å². The van der Waals surface area contributed by atoms with Crippen molar-refractivity contribution in [3.63, 3.8) is 0 Å². The van der Waals surface area contributed by atoms with E-state index in [9.17, 15) is 0 Å². The third kappa shape index (κ3) is 2.12. The van der Waals surface area contributed by atoms with E-state index in [1.807, 2.05) is 12.1 Å². The predicted molar refractivity (Wildman–Crippen MR) is 59.5 cm³/mol. The summed E-state index contributed by atoms with van der Waals surface area (Å²) in [6.45, 7) is 0.763.